The lowest BCUT2D eigenvalue weighted by Gasteiger charge is -2.37. The number of H-pyrrole nitrogens is 1. The van der Waals surface area contributed by atoms with E-state index in [2.05, 4.69) is 25.8 Å². The molecule has 0 radical (unpaired) electrons. The van der Waals surface area contributed by atoms with E-state index < -0.39 is 10.0 Å². The van der Waals surface area contributed by atoms with E-state index in [1.165, 1.54) is 6.20 Å². The minimum atomic E-state index is -3.61. The Morgan fingerprint density at radius 3 is 2.68 bits per heavy atom. The number of aromatic amines is 1. The highest BCUT2D eigenvalue weighted by molar-refractivity contribution is 7.89. The molecule has 0 saturated carbocycles. The molecule has 176 valence electrons. The van der Waals surface area contributed by atoms with Gasteiger partial charge in [-0.2, -0.15) is 14.4 Å². The van der Waals surface area contributed by atoms with Crippen molar-refractivity contribution in [3.8, 4) is 0 Å². The molecule has 3 N–H and O–H groups in total. The van der Waals surface area contributed by atoms with Gasteiger partial charge in [-0.1, -0.05) is 6.07 Å². The van der Waals surface area contributed by atoms with Crippen LogP contribution < -0.4 is 10.6 Å². The SMILES string of the molecule is Cc1cc(Nc2nc(N[C@@H]3C[C@H]4CC[C@@H](C3)N4S(=O)(=O)c3ccccn3)nc3sccc23)n[nH]1. The van der Waals surface area contributed by atoms with Crippen LogP contribution in [0.1, 0.15) is 31.4 Å². The monoisotopic (exact) mass is 496 g/mol. The summed E-state index contributed by atoms with van der Waals surface area (Å²) in [6.45, 7) is 1.94. The number of nitrogens with zero attached hydrogens (tertiary/aromatic N) is 5. The molecule has 0 aliphatic carbocycles. The second-order valence-electron chi connectivity index (χ2n) is 8.80. The number of aromatic nitrogens is 5. The zero-order valence-electron chi connectivity index (χ0n) is 18.5. The molecule has 6 heterocycles. The van der Waals surface area contributed by atoms with Crippen LogP contribution in [-0.2, 0) is 10.0 Å². The molecule has 6 rings (SSSR count). The standard InChI is InChI=1S/C22H24N8O2S2/c1-13-10-18(29-28-13)25-20-17-7-9-33-21(17)27-22(26-20)24-14-11-15-5-6-16(12-14)30(15)34(31,32)19-4-2-3-8-23-19/h2-4,7-10,14-16H,5-6,11-12H2,1H3,(H3,24,25,26,27,28,29)/t14-,15-,16+. The third-order valence-electron chi connectivity index (χ3n) is 6.46. The molecule has 12 heteroatoms. The minimum Gasteiger partial charge on any atom is -0.351 e. The maximum Gasteiger partial charge on any atom is 0.261 e. The summed E-state index contributed by atoms with van der Waals surface area (Å²) in [4.78, 5) is 14.4. The van der Waals surface area contributed by atoms with Crippen LogP contribution in [0.2, 0.25) is 0 Å². The Bertz CT molecular complexity index is 1420. The van der Waals surface area contributed by atoms with Crippen LogP contribution in [0.15, 0.2) is 46.9 Å². The van der Waals surface area contributed by atoms with Gasteiger partial charge in [0.05, 0.1) is 5.39 Å². The highest BCUT2D eigenvalue weighted by atomic mass is 32.2. The molecule has 4 aromatic heterocycles. The number of pyridine rings is 1. The number of anilines is 3. The number of thiophene rings is 1. The smallest absolute Gasteiger partial charge is 0.261 e. The van der Waals surface area contributed by atoms with Gasteiger partial charge in [0.15, 0.2) is 10.8 Å². The summed E-state index contributed by atoms with van der Waals surface area (Å²) in [5, 5.41) is 17.0. The lowest BCUT2D eigenvalue weighted by Crippen LogP contribution is -2.49. The third kappa shape index (κ3) is 3.81. The summed E-state index contributed by atoms with van der Waals surface area (Å²) in [5.74, 6) is 1.93. The average molecular weight is 497 g/mol. The number of sulfonamides is 1. The molecule has 0 unspecified atom stereocenters. The number of hydrogen-bond donors (Lipinski definition) is 3. The predicted molar refractivity (Wildman–Crippen MR) is 131 cm³/mol. The van der Waals surface area contributed by atoms with Crippen molar-refractivity contribution in [2.75, 3.05) is 10.6 Å². The van der Waals surface area contributed by atoms with Crippen molar-refractivity contribution in [3.05, 3.63) is 47.6 Å². The quantitative estimate of drug-likeness (QED) is 0.369. The molecule has 2 bridgehead atoms. The Hall–Kier alpha value is -3.09. The molecular weight excluding hydrogens is 472 g/mol. The molecule has 0 aromatic carbocycles. The van der Waals surface area contributed by atoms with Gasteiger partial charge in [-0.25, -0.2) is 18.4 Å². The van der Waals surface area contributed by atoms with Crippen molar-refractivity contribution < 1.29 is 8.42 Å². The highest BCUT2D eigenvalue weighted by Gasteiger charge is 2.47. The van der Waals surface area contributed by atoms with Gasteiger partial charge in [0.1, 0.15) is 10.6 Å². The summed E-state index contributed by atoms with van der Waals surface area (Å²) < 4.78 is 28.2. The fourth-order valence-corrected chi connectivity index (χ4v) is 7.65. The van der Waals surface area contributed by atoms with Crippen LogP contribution in [0.4, 0.5) is 17.6 Å². The second-order valence-corrected chi connectivity index (χ2v) is 11.5. The Labute approximate surface area is 200 Å². The van der Waals surface area contributed by atoms with E-state index in [-0.39, 0.29) is 23.2 Å². The minimum absolute atomic E-state index is 0.0571. The van der Waals surface area contributed by atoms with E-state index in [1.807, 2.05) is 24.4 Å². The summed E-state index contributed by atoms with van der Waals surface area (Å²) >= 11 is 1.55. The summed E-state index contributed by atoms with van der Waals surface area (Å²) in [6, 6.07) is 8.89. The van der Waals surface area contributed by atoms with Crippen LogP contribution >= 0.6 is 11.3 Å². The molecule has 10 nitrogen and oxygen atoms in total. The first-order valence-electron chi connectivity index (χ1n) is 11.2. The number of rotatable bonds is 6. The van der Waals surface area contributed by atoms with E-state index in [0.717, 1.165) is 28.8 Å². The van der Waals surface area contributed by atoms with Crippen LogP contribution in [0, 0.1) is 6.92 Å². The lowest BCUT2D eigenvalue weighted by atomic mass is 10.00. The number of nitrogens with one attached hydrogen (secondary N) is 3. The number of aryl methyl sites for hydroxylation is 1. The summed E-state index contributed by atoms with van der Waals surface area (Å²) in [7, 11) is -3.61. The van der Waals surface area contributed by atoms with Gasteiger partial charge in [0.2, 0.25) is 5.95 Å². The van der Waals surface area contributed by atoms with E-state index in [9.17, 15) is 8.42 Å². The molecule has 0 amide bonds. The molecule has 2 saturated heterocycles. The van der Waals surface area contributed by atoms with E-state index >= 15 is 0 Å². The van der Waals surface area contributed by atoms with Crippen molar-refractivity contribution in [1.29, 1.82) is 0 Å². The van der Waals surface area contributed by atoms with Crippen LogP contribution in [-0.4, -0.2) is 56.0 Å². The van der Waals surface area contributed by atoms with Crippen LogP contribution in [0.5, 0.6) is 0 Å². The molecule has 0 spiro atoms. The lowest BCUT2D eigenvalue weighted by molar-refractivity contribution is 0.234. The van der Waals surface area contributed by atoms with Gasteiger partial charge >= 0.3 is 0 Å². The van der Waals surface area contributed by atoms with Crippen molar-refractivity contribution in [2.24, 2.45) is 0 Å². The highest BCUT2D eigenvalue weighted by Crippen LogP contribution is 2.40. The maximum atomic E-state index is 13.3. The van der Waals surface area contributed by atoms with Crippen molar-refractivity contribution >= 4 is 49.2 Å². The Morgan fingerprint density at radius 1 is 1.15 bits per heavy atom. The van der Waals surface area contributed by atoms with Crippen molar-refractivity contribution in [1.82, 2.24) is 29.5 Å². The number of fused-ring (bicyclic) bond motifs is 3. The fraction of sp³-hybridized carbons (Fsp3) is 0.364. The first-order chi connectivity index (χ1) is 16.5. The Morgan fingerprint density at radius 2 is 1.97 bits per heavy atom. The maximum absolute atomic E-state index is 13.3. The normalized spacial score (nSPS) is 22.8. The van der Waals surface area contributed by atoms with E-state index in [0.29, 0.717) is 30.4 Å². The first-order valence-corrected chi connectivity index (χ1v) is 13.5. The van der Waals surface area contributed by atoms with Gasteiger partial charge < -0.3 is 10.6 Å². The largest absolute Gasteiger partial charge is 0.351 e. The number of piperidine rings is 1. The summed E-state index contributed by atoms with van der Waals surface area (Å²) in [6.07, 6.45) is 4.64. The molecular formula is C22H24N8O2S2. The second kappa shape index (κ2) is 8.29. The average Bonchev–Trinajstić information content (AvgIpc) is 3.53. The Balaban J connectivity index is 1.23. The van der Waals surface area contributed by atoms with Crippen molar-refractivity contribution in [2.45, 2.75) is 55.8 Å². The van der Waals surface area contributed by atoms with Crippen LogP contribution in [0.3, 0.4) is 0 Å². The van der Waals surface area contributed by atoms with Gasteiger partial charge in [-0.15, -0.1) is 11.3 Å². The molecule has 3 atom stereocenters. The molecule has 2 aliphatic heterocycles. The van der Waals surface area contributed by atoms with Gasteiger partial charge in [0, 0.05) is 36.1 Å². The molecule has 4 aromatic rings. The topological polar surface area (TPSA) is 129 Å². The van der Waals surface area contributed by atoms with E-state index in [1.54, 1.807) is 33.8 Å². The third-order valence-corrected chi connectivity index (χ3v) is 9.18. The van der Waals surface area contributed by atoms with Crippen molar-refractivity contribution in [3.63, 3.8) is 0 Å². The number of hydrogen-bond acceptors (Lipinski definition) is 9. The van der Waals surface area contributed by atoms with Gasteiger partial charge in [-0.05, 0) is 56.2 Å². The first kappa shape index (κ1) is 21.4. The Kier molecular flexibility index (Phi) is 5.23. The van der Waals surface area contributed by atoms with Gasteiger partial charge in [0.25, 0.3) is 10.0 Å². The fourth-order valence-electron chi connectivity index (χ4n) is 5.05. The van der Waals surface area contributed by atoms with Gasteiger partial charge in [-0.3, -0.25) is 5.10 Å². The molecule has 2 fully saturated rings. The van der Waals surface area contributed by atoms with E-state index in [4.69, 9.17) is 9.97 Å². The molecule has 34 heavy (non-hydrogen) atoms. The molecule has 2 aliphatic rings. The van der Waals surface area contributed by atoms with Crippen LogP contribution in [0.25, 0.3) is 10.2 Å². The zero-order chi connectivity index (χ0) is 23.3. The predicted octanol–water partition coefficient (Wildman–Crippen LogP) is 3.66. The zero-order valence-corrected chi connectivity index (χ0v) is 20.1. The summed E-state index contributed by atoms with van der Waals surface area (Å²) in [5.41, 5.74) is 0.958.